The predicted octanol–water partition coefficient (Wildman–Crippen LogP) is 0.0211. The summed E-state index contributed by atoms with van der Waals surface area (Å²) in [7, 11) is -13.2. The highest BCUT2D eigenvalue weighted by molar-refractivity contribution is 8.76. The van der Waals surface area contributed by atoms with E-state index in [9.17, 15) is 53.1 Å². The fraction of sp³-hybridized carbons (Fsp3) is 0.652. The van der Waals surface area contributed by atoms with Crippen LogP contribution in [0.4, 0.5) is 5.69 Å². The average molecular weight is 813 g/mol. The summed E-state index contributed by atoms with van der Waals surface area (Å²) in [5.74, 6) is -0.564. The summed E-state index contributed by atoms with van der Waals surface area (Å²) < 4.78 is 62.0. The summed E-state index contributed by atoms with van der Waals surface area (Å²) in [6.07, 6.45) is -4.43. The monoisotopic (exact) mass is 812 g/mol. The number of carbonyl (C=O) groups is 2. The first-order valence-corrected chi connectivity index (χ1v) is 21.6. The molecule has 3 heterocycles. The highest BCUT2D eigenvalue weighted by Crippen LogP contribution is 2.61. The van der Waals surface area contributed by atoms with E-state index in [0.29, 0.717) is 12.3 Å². The number of aromatic nitrogens is 3. The Labute approximate surface area is 293 Å². The molecular weight excluding hydrogens is 773 g/mol. The Kier molecular flexibility index (Phi) is 15.3. The number of imidazole rings is 1. The summed E-state index contributed by atoms with van der Waals surface area (Å²) >= 11 is 0. The molecule has 0 aliphatic carbocycles. The molecule has 1 aliphatic heterocycles. The zero-order valence-electron chi connectivity index (χ0n) is 26.7. The summed E-state index contributed by atoms with van der Waals surface area (Å²) in [5, 5.41) is 26.4. The molecule has 0 saturated carbocycles. The van der Waals surface area contributed by atoms with E-state index < -0.39 is 78.6 Å². The van der Waals surface area contributed by atoms with Crippen LogP contribution < -0.4 is 16.4 Å². The van der Waals surface area contributed by atoms with E-state index in [1.54, 1.807) is 21.6 Å². The van der Waals surface area contributed by atoms with Crippen molar-refractivity contribution in [2.75, 3.05) is 44.0 Å². The van der Waals surface area contributed by atoms with Crippen LogP contribution in [0.2, 0.25) is 0 Å². The van der Waals surface area contributed by atoms with E-state index in [0.717, 1.165) is 6.33 Å². The van der Waals surface area contributed by atoms with Gasteiger partial charge in [-0.15, -0.1) is 0 Å². The molecule has 0 bridgehead atoms. The lowest BCUT2D eigenvalue weighted by molar-refractivity contribution is -0.137. The minimum atomic E-state index is -5.53. The van der Waals surface area contributed by atoms with Crippen LogP contribution in [0.15, 0.2) is 18.6 Å². The SMILES string of the molecule is CSSCCNC(=O)CCNC(=O)[C@@H](O)C(C)(C)COP(=O)(O)OP(=O)(O)OC[C@H]1O[C@@H](n2cnc3c(N)ccnc32)C(O)[C@H]1OP(=O)(O)O. The largest absolute Gasteiger partial charge is 0.481 e. The van der Waals surface area contributed by atoms with Crippen molar-refractivity contribution in [2.45, 2.75) is 50.9 Å². The Balaban J connectivity index is 1.57. The molecule has 2 aromatic rings. The zero-order chi connectivity index (χ0) is 37.5. The maximum atomic E-state index is 12.6. The Morgan fingerprint density at radius 2 is 1.80 bits per heavy atom. The van der Waals surface area contributed by atoms with Crippen molar-refractivity contribution in [3.05, 3.63) is 18.6 Å². The molecule has 2 aromatic heterocycles. The molecule has 22 nitrogen and oxygen atoms in total. The van der Waals surface area contributed by atoms with Crippen molar-refractivity contribution >= 4 is 73.7 Å². The molecule has 0 radical (unpaired) electrons. The van der Waals surface area contributed by atoms with Crippen LogP contribution >= 0.6 is 45.1 Å². The van der Waals surface area contributed by atoms with Crippen LogP contribution in [-0.4, -0.2) is 119 Å². The van der Waals surface area contributed by atoms with Gasteiger partial charge in [0.25, 0.3) is 0 Å². The smallest absolute Gasteiger partial charge is 0.397 e. The second kappa shape index (κ2) is 17.9. The summed E-state index contributed by atoms with van der Waals surface area (Å²) in [6, 6.07) is 1.45. The molecule has 2 amide bonds. The molecule has 3 unspecified atom stereocenters. The third-order valence-corrected chi connectivity index (χ3v) is 11.7. The van der Waals surface area contributed by atoms with E-state index in [-0.39, 0.29) is 35.7 Å². The Bertz CT molecular complexity index is 1630. The highest BCUT2D eigenvalue weighted by Gasteiger charge is 2.50. The Morgan fingerprint density at radius 1 is 1.12 bits per heavy atom. The molecule has 7 atom stereocenters. The van der Waals surface area contributed by atoms with Gasteiger partial charge >= 0.3 is 23.5 Å². The normalized spacial score (nSPS) is 22.9. The van der Waals surface area contributed by atoms with Crippen molar-refractivity contribution in [1.29, 1.82) is 0 Å². The van der Waals surface area contributed by atoms with Gasteiger partial charge < -0.3 is 50.9 Å². The lowest BCUT2D eigenvalue weighted by Crippen LogP contribution is -2.46. The first-order chi connectivity index (χ1) is 23.2. The number of anilines is 1. The number of nitrogen functional groups attached to an aromatic ring is 1. The van der Waals surface area contributed by atoms with Crippen molar-refractivity contribution in [3.63, 3.8) is 0 Å². The zero-order valence-corrected chi connectivity index (χ0v) is 31.0. The van der Waals surface area contributed by atoms with E-state index in [1.165, 1.54) is 30.7 Å². The minimum Gasteiger partial charge on any atom is -0.397 e. The number of phosphoric ester groups is 3. The number of hydrogen-bond donors (Lipinski definition) is 9. The molecular formula is C23H39N6O16P3S2. The Morgan fingerprint density at radius 3 is 2.46 bits per heavy atom. The number of fused-ring (bicyclic) bond motifs is 1. The van der Waals surface area contributed by atoms with Gasteiger partial charge in [0.2, 0.25) is 11.8 Å². The molecule has 10 N–H and O–H groups in total. The van der Waals surface area contributed by atoms with Gasteiger partial charge in [-0.25, -0.2) is 23.7 Å². The number of ether oxygens (including phenoxy) is 1. The number of aliphatic hydroxyl groups is 2. The van der Waals surface area contributed by atoms with Crippen LogP contribution in [-0.2, 0) is 45.9 Å². The van der Waals surface area contributed by atoms with Crippen LogP contribution in [0.5, 0.6) is 0 Å². The first kappa shape index (κ1) is 42.7. The van der Waals surface area contributed by atoms with Crippen LogP contribution in [0.3, 0.4) is 0 Å². The molecule has 0 spiro atoms. The maximum absolute atomic E-state index is 12.6. The summed E-state index contributed by atoms with van der Waals surface area (Å²) in [5.41, 5.74) is 4.82. The standard InChI is InChI=1S/C23H39N6O16P3S2/c1-23(2,19(32)21(33)27-7-5-15(30)25-8-9-50-49-3)11-42-48(39,40)45-47(37,38)41-10-14-18(44-46(34,35)36)17(31)22(43-14)29-12-28-16-13(24)4-6-26-20(16)29/h4,6,12,14,17-19,22,31-32H,5,7-11H2,1-3H3,(H2,24,26)(H,25,30)(H,27,33)(H,37,38)(H,39,40)(H2,34,35,36)/t14-,17?,18+,19-,22-/m1/s1. The lowest BCUT2D eigenvalue weighted by atomic mass is 9.87. The summed E-state index contributed by atoms with van der Waals surface area (Å²) in [4.78, 5) is 71.5. The van der Waals surface area contributed by atoms with Crippen LogP contribution in [0.1, 0.15) is 26.5 Å². The van der Waals surface area contributed by atoms with Gasteiger partial charge in [0.1, 0.15) is 29.9 Å². The molecule has 1 aliphatic rings. The molecule has 50 heavy (non-hydrogen) atoms. The number of nitrogens with two attached hydrogens (primary N) is 1. The van der Waals surface area contributed by atoms with Crippen molar-refractivity contribution in [2.24, 2.45) is 5.41 Å². The fourth-order valence-electron chi connectivity index (χ4n) is 4.34. The van der Waals surface area contributed by atoms with E-state index >= 15 is 0 Å². The van der Waals surface area contributed by atoms with Crippen molar-refractivity contribution in [1.82, 2.24) is 25.2 Å². The van der Waals surface area contributed by atoms with Gasteiger partial charge in [0.15, 0.2) is 11.9 Å². The quantitative estimate of drug-likeness (QED) is 0.0483. The van der Waals surface area contributed by atoms with Gasteiger partial charge in [-0.05, 0) is 12.3 Å². The van der Waals surface area contributed by atoms with Crippen LogP contribution in [0, 0.1) is 5.41 Å². The number of carbonyl (C=O) groups excluding carboxylic acids is 2. The van der Waals surface area contributed by atoms with E-state index in [1.807, 2.05) is 6.26 Å². The molecule has 3 rings (SSSR count). The van der Waals surface area contributed by atoms with Crippen molar-refractivity contribution in [3.8, 4) is 0 Å². The maximum Gasteiger partial charge on any atom is 0.481 e. The third-order valence-electron chi connectivity index (χ3n) is 6.81. The predicted molar refractivity (Wildman–Crippen MR) is 178 cm³/mol. The lowest BCUT2D eigenvalue weighted by Gasteiger charge is -2.30. The van der Waals surface area contributed by atoms with Gasteiger partial charge in [-0.1, -0.05) is 35.4 Å². The topological polar surface area (TPSA) is 334 Å². The minimum absolute atomic E-state index is 0.0741. The molecule has 1 fully saturated rings. The second-order valence-corrected chi connectivity index (χ2v) is 18.1. The Hall–Kier alpha value is -1.69. The van der Waals surface area contributed by atoms with E-state index in [4.69, 9.17) is 19.5 Å². The summed E-state index contributed by atoms with van der Waals surface area (Å²) in [6.45, 7) is 0.910. The van der Waals surface area contributed by atoms with Gasteiger partial charge in [0, 0.05) is 36.9 Å². The number of pyridine rings is 1. The number of hydrogen-bond acceptors (Lipinski definition) is 17. The molecule has 1 saturated heterocycles. The number of amides is 2. The molecule has 0 aromatic carbocycles. The number of nitrogens with zero attached hydrogens (tertiary/aromatic N) is 3. The number of nitrogens with one attached hydrogen (secondary N) is 2. The van der Waals surface area contributed by atoms with Crippen LogP contribution in [0.25, 0.3) is 11.2 Å². The molecule has 284 valence electrons. The third kappa shape index (κ3) is 12.5. The first-order valence-electron chi connectivity index (χ1n) is 14.3. The van der Waals surface area contributed by atoms with Gasteiger partial charge in [-0.2, -0.15) is 4.31 Å². The van der Waals surface area contributed by atoms with Crippen molar-refractivity contribution < 1.29 is 75.7 Å². The second-order valence-electron chi connectivity index (χ2n) is 11.2. The fourth-order valence-corrected chi connectivity index (χ4v) is 8.27. The highest BCUT2D eigenvalue weighted by atomic mass is 33.1. The van der Waals surface area contributed by atoms with Gasteiger partial charge in [0.05, 0.1) is 25.2 Å². The van der Waals surface area contributed by atoms with Gasteiger partial charge in [-0.3, -0.25) is 27.7 Å². The number of phosphoric acid groups is 3. The number of rotatable bonds is 20. The molecule has 27 heteroatoms. The average Bonchev–Trinajstić information content (AvgIpc) is 3.57. The van der Waals surface area contributed by atoms with E-state index in [2.05, 4.69) is 29.4 Å². The number of aliphatic hydroxyl groups excluding tert-OH is 2.